The van der Waals surface area contributed by atoms with Crippen molar-refractivity contribution in [1.82, 2.24) is 9.13 Å². The summed E-state index contributed by atoms with van der Waals surface area (Å²) in [6.07, 6.45) is 3.70. The van der Waals surface area contributed by atoms with Gasteiger partial charge in [0, 0.05) is 33.4 Å². The van der Waals surface area contributed by atoms with Crippen LogP contribution < -0.4 is 5.62 Å². The molecule has 0 spiro atoms. The molecular weight excluding hydrogens is 142 g/mol. The minimum atomic E-state index is -0.178. The molecule has 0 saturated carbocycles. The molecule has 0 atom stereocenters. The summed E-state index contributed by atoms with van der Waals surface area (Å²) in [5.41, 5.74) is 0.664. The highest BCUT2D eigenvalue weighted by atomic mass is 16.1. The molecule has 4 nitrogen and oxygen atoms in total. The fraction of sp³-hybridized carbons (Fsp3) is 0.429. The molecule has 0 saturated heterocycles. The zero-order valence-electron chi connectivity index (χ0n) is 6.90. The Balaban J connectivity index is 3.31. The Labute approximate surface area is 64.8 Å². The summed E-state index contributed by atoms with van der Waals surface area (Å²) < 4.78 is 3.59. The van der Waals surface area contributed by atoms with Crippen molar-refractivity contribution in [2.75, 3.05) is 0 Å². The molecule has 0 aliphatic rings. The van der Waals surface area contributed by atoms with E-state index in [1.54, 1.807) is 9.13 Å². The van der Waals surface area contributed by atoms with Gasteiger partial charge in [-0.2, -0.15) is 4.99 Å². The normalized spacial score (nSPS) is 9.73. The predicted molar refractivity (Wildman–Crippen MR) is 40.6 cm³/mol. The van der Waals surface area contributed by atoms with E-state index in [1.807, 2.05) is 26.5 Å². The van der Waals surface area contributed by atoms with Crippen molar-refractivity contribution >= 4 is 5.91 Å². The molecule has 0 unspecified atom stereocenters. The highest BCUT2D eigenvalue weighted by molar-refractivity contribution is 5.73. The zero-order chi connectivity index (χ0) is 8.43. The van der Waals surface area contributed by atoms with Gasteiger partial charge in [0.25, 0.3) is 0 Å². The molecule has 0 N–H and O–H groups in total. The molecule has 0 aliphatic carbocycles. The van der Waals surface area contributed by atoms with Crippen molar-refractivity contribution in [2.45, 2.75) is 6.92 Å². The molecule has 1 rings (SSSR count). The van der Waals surface area contributed by atoms with Crippen LogP contribution in [-0.4, -0.2) is 15.0 Å². The Hall–Kier alpha value is -1.32. The van der Waals surface area contributed by atoms with Crippen molar-refractivity contribution in [3.8, 4) is 0 Å². The number of nitrogens with zero attached hydrogens (tertiary/aromatic N) is 3. The summed E-state index contributed by atoms with van der Waals surface area (Å²) in [5, 5.41) is 0. The average molecular weight is 153 g/mol. The van der Waals surface area contributed by atoms with Crippen LogP contribution in [0.25, 0.3) is 0 Å². The molecule has 0 fully saturated rings. The van der Waals surface area contributed by atoms with Gasteiger partial charge in [0.15, 0.2) is 0 Å². The van der Waals surface area contributed by atoms with E-state index in [9.17, 15) is 4.79 Å². The van der Waals surface area contributed by atoms with Gasteiger partial charge >= 0.3 is 0 Å². The molecular formula is C7H11N3O. The van der Waals surface area contributed by atoms with Gasteiger partial charge in [0.2, 0.25) is 11.5 Å². The molecule has 0 aromatic carbocycles. The maximum absolute atomic E-state index is 10.6. The van der Waals surface area contributed by atoms with Crippen LogP contribution in [0.5, 0.6) is 0 Å². The zero-order valence-corrected chi connectivity index (χ0v) is 6.90. The summed E-state index contributed by atoms with van der Waals surface area (Å²) in [6, 6.07) is 0. The largest absolute Gasteiger partial charge is 0.320 e. The highest BCUT2D eigenvalue weighted by Crippen LogP contribution is 1.77. The number of amides is 1. The third-order valence-corrected chi connectivity index (χ3v) is 1.40. The third-order valence-electron chi connectivity index (χ3n) is 1.40. The monoisotopic (exact) mass is 153 g/mol. The van der Waals surface area contributed by atoms with E-state index >= 15 is 0 Å². The van der Waals surface area contributed by atoms with Crippen molar-refractivity contribution in [3.05, 3.63) is 18.0 Å². The minimum absolute atomic E-state index is 0.178. The summed E-state index contributed by atoms with van der Waals surface area (Å²) in [6.45, 7) is 1.44. The summed E-state index contributed by atoms with van der Waals surface area (Å²) in [5.74, 6) is -0.178. The predicted octanol–water partition coefficient (Wildman–Crippen LogP) is -0.189. The van der Waals surface area contributed by atoms with Gasteiger partial charge in [-0.15, -0.1) is 0 Å². The van der Waals surface area contributed by atoms with E-state index in [4.69, 9.17) is 0 Å². The first-order valence-corrected chi connectivity index (χ1v) is 3.34. The van der Waals surface area contributed by atoms with Crippen LogP contribution >= 0.6 is 0 Å². The number of carbonyl (C=O) groups excluding carboxylic acids is 1. The van der Waals surface area contributed by atoms with Gasteiger partial charge in [0.1, 0.15) is 0 Å². The van der Waals surface area contributed by atoms with Crippen LogP contribution in [-0.2, 0) is 18.9 Å². The van der Waals surface area contributed by atoms with Gasteiger partial charge in [0.05, 0.1) is 0 Å². The first-order valence-electron chi connectivity index (χ1n) is 3.34. The molecule has 0 radical (unpaired) electrons. The maximum Gasteiger partial charge on any atom is 0.245 e. The van der Waals surface area contributed by atoms with Crippen molar-refractivity contribution in [1.29, 1.82) is 0 Å². The fourth-order valence-corrected chi connectivity index (χ4v) is 0.881. The summed E-state index contributed by atoms with van der Waals surface area (Å²) in [7, 11) is 3.70. The van der Waals surface area contributed by atoms with Crippen molar-refractivity contribution < 1.29 is 4.79 Å². The Morgan fingerprint density at radius 3 is 2.18 bits per heavy atom. The van der Waals surface area contributed by atoms with Crippen molar-refractivity contribution in [3.63, 3.8) is 0 Å². The Morgan fingerprint density at radius 2 is 1.82 bits per heavy atom. The minimum Gasteiger partial charge on any atom is -0.320 e. The van der Waals surface area contributed by atoms with Crippen molar-refractivity contribution in [2.24, 2.45) is 19.1 Å². The molecule has 11 heavy (non-hydrogen) atoms. The van der Waals surface area contributed by atoms with E-state index in [2.05, 4.69) is 4.99 Å². The van der Waals surface area contributed by atoms with Crippen LogP contribution in [0, 0.1) is 0 Å². The first-order chi connectivity index (χ1) is 5.11. The number of rotatable bonds is 0. The SMILES string of the molecule is CC(=O)N=c1n(C)ccn1C. The van der Waals surface area contributed by atoms with Crippen LogP contribution in [0.4, 0.5) is 0 Å². The number of aryl methyl sites for hydroxylation is 2. The summed E-state index contributed by atoms with van der Waals surface area (Å²) in [4.78, 5) is 14.4. The first kappa shape index (κ1) is 7.78. The van der Waals surface area contributed by atoms with E-state index < -0.39 is 0 Å². The van der Waals surface area contributed by atoms with E-state index in [-0.39, 0.29) is 5.91 Å². The smallest absolute Gasteiger partial charge is 0.245 e. The van der Waals surface area contributed by atoms with E-state index in [0.717, 1.165) is 0 Å². The molecule has 1 amide bonds. The number of hydrogen-bond donors (Lipinski definition) is 0. The average Bonchev–Trinajstić information content (AvgIpc) is 2.18. The standard InChI is InChI=1S/C7H11N3O/c1-6(11)8-7-9(2)4-5-10(7)3/h4-5H,1-3H3. The Morgan fingerprint density at radius 1 is 1.36 bits per heavy atom. The molecule has 1 heterocycles. The summed E-state index contributed by atoms with van der Waals surface area (Å²) >= 11 is 0. The second-order valence-corrected chi connectivity index (χ2v) is 2.45. The second kappa shape index (κ2) is 2.74. The van der Waals surface area contributed by atoms with Gasteiger partial charge < -0.3 is 9.13 Å². The van der Waals surface area contributed by atoms with Crippen LogP contribution in [0.2, 0.25) is 0 Å². The van der Waals surface area contributed by atoms with Crippen LogP contribution in [0.3, 0.4) is 0 Å². The van der Waals surface area contributed by atoms with Gasteiger partial charge in [-0.25, -0.2) is 0 Å². The van der Waals surface area contributed by atoms with E-state index in [0.29, 0.717) is 5.62 Å². The number of hydrogen-bond acceptors (Lipinski definition) is 1. The third kappa shape index (κ3) is 1.58. The van der Waals surface area contributed by atoms with E-state index in [1.165, 1.54) is 6.92 Å². The second-order valence-electron chi connectivity index (χ2n) is 2.45. The Bertz CT molecular complexity index is 309. The lowest BCUT2D eigenvalue weighted by Crippen LogP contribution is -2.22. The van der Waals surface area contributed by atoms with Crippen LogP contribution in [0.15, 0.2) is 17.4 Å². The maximum atomic E-state index is 10.6. The molecule has 4 heteroatoms. The fourth-order valence-electron chi connectivity index (χ4n) is 0.881. The number of imidazole rings is 1. The van der Waals surface area contributed by atoms with Gasteiger partial charge in [-0.1, -0.05) is 0 Å². The Kier molecular flexibility index (Phi) is 1.94. The molecule has 1 aromatic heterocycles. The lowest BCUT2D eigenvalue weighted by Gasteiger charge is -1.91. The highest BCUT2D eigenvalue weighted by Gasteiger charge is 1.93. The lowest BCUT2D eigenvalue weighted by atomic mass is 10.7. The number of aromatic nitrogens is 2. The van der Waals surface area contributed by atoms with Gasteiger partial charge in [-0.3, -0.25) is 4.79 Å². The van der Waals surface area contributed by atoms with Gasteiger partial charge in [-0.05, 0) is 0 Å². The quantitative estimate of drug-likeness (QED) is 0.509. The molecule has 0 aliphatic heterocycles. The number of carbonyl (C=O) groups is 1. The molecule has 60 valence electrons. The topological polar surface area (TPSA) is 39.3 Å². The molecule has 1 aromatic rings. The van der Waals surface area contributed by atoms with Crippen LogP contribution in [0.1, 0.15) is 6.92 Å². The lowest BCUT2D eigenvalue weighted by molar-refractivity contribution is -0.116. The molecule has 0 bridgehead atoms.